The van der Waals surface area contributed by atoms with Crippen molar-refractivity contribution in [2.45, 2.75) is 56.5 Å². The molecule has 1 N–H and O–H groups in total. The highest BCUT2D eigenvalue weighted by atomic mass is 16.5. The van der Waals surface area contributed by atoms with E-state index in [0.29, 0.717) is 45.1 Å². The molecule has 2 aromatic carbocycles. The molecule has 0 bridgehead atoms. The van der Waals surface area contributed by atoms with Crippen molar-refractivity contribution in [2.75, 3.05) is 13.7 Å². The van der Waals surface area contributed by atoms with Gasteiger partial charge in [0.1, 0.15) is 6.04 Å². The Morgan fingerprint density at radius 2 is 2.00 bits per heavy atom. The first-order valence-corrected chi connectivity index (χ1v) is 10.7. The van der Waals surface area contributed by atoms with Crippen LogP contribution in [0.1, 0.15) is 44.1 Å². The minimum atomic E-state index is -0.477. The van der Waals surface area contributed by atoms with Gasteiger partial charge in [-0.2, -0.15) is 0 Å². The van der Waals surface area contributed by atoms with E-state index in [4.69, 9.17) is 4.74 Å². The van der Waals surface area contributed by atoms with Crippen LogP contribution in [0.15, 0.2) is 42.5 Å². The zero-order chi connectivity index (χ0) is 21.1. The van der Waals surface area contributed by atoms with Crippen LogP contribution in [0.25, 0.3) is 10.8 Å². The van der Waals surface area contributed by atoms with Gasteiger partial charge in [0.25, 0.3) is 0 Å². The number of nitrogens with one attached hydrogen (secondary N) is 1. The summed E-state index contributed by atoms with van der Waals surface area (Å²) in [4.78, 5) is 38.7. The normalized spacial score (nSPS) is 23.6. The SMILES string of the molecule is COC(=O)[C@@H]1CCCN1C(=O)CCC1(Cc2cccc3ccccc23)CCC(=O)N1. The number of esters is 1. The first-order chi connectivity index (χ1) is 14.5. The van der Waals surface area contributed by atoms with Gasteiger partial charge in [0.05, 0.1) is 7.11 Å². The van der Waals surface area contributed by atoms with Crippen LogP contribution in [-0.2, 0) is 25.5 Å². The number of hydrogen-bond donors (Lipinski definition) is 1. The molecule has 2 aromatic rings. The summed E-state index contributed by atoms with van der Waals surface area (Å²) in [6.07, 6.45) is 4.20. The molecule has 6 nitrogen and oxygen atoms in total. The number of benzene rings is 2. The number of amides is 2. The minimum Gasteiger partial charge on any atom is -0.467 e. The molecule has 6 heteroatoms. The highest BCUT2D eigenvalue weighted by Gasteiger charge is 2.40. The molecule has 2 aliphatic rings. The molecule has 158 valence electrons. The van der Waals surface area contributed by atoms with Crippen molar-refractivity contribution in [1.82, 2.24) is 10.2 Å². The zero-order valence-electron chi connectivity index (χ0n) is 17.4. The van der Waals surface area contributed by atoms with Gasteiger partial charge in [0, 0.05) is 24.9 Å². The number of ether oxygens (including phenoxy) is 1. The largest absolute Gasteiger partial charge is 0.467 e. The molecule has 2 saturated heterocycles. The monoisotopic (exact) mass is 408 g/mol. The summed E-state index contributed by atoms with van der Waals surface area (Å²) in [5.41, 5.74) is 0.744. The molecule has 2 heterocycles. The quantitative estimate of drug-likeness (QED) is 0.746. The molecule has 4 rings (SSSR count). The van der Waals surface area contributed by atoms with Crippen molar-refractivity contribution >= 4 is 28.6 Å². The lowest BCUT2D eigenvalue weighted by Crippen LogP contribution is -2.46. The van der Waals surface area contributed by atoms with E-state index in [9.17, 15) is 14.4 Å². The number of fused-ring (bicyclic) bond motifs is 1. The first-order valence-electron chi connectivity index (χ1n) is 10.7. The van der Waals surface area contributed by atoms with Crippen LogP contribution >= 0.6 is 0 Å². The fraction of sp³-hybridized carbons (Fsp3) is 0.458. The fourth-order valence-corrected chi connectivity index (χ4v) is 4.93. The Kier molecular flexibility index (Phi) is 5.75. The molecule has 2 aliphatic heterocycles. The minimum absolute atomic E-state index is 0.0382. The lowest BCUT2D eigenvalue weighted by atomic mass is 9.83. The van der Waals surface area contributed by atoms with Crippen LogP contribution in [-0.4, -0.2) is 47.9 Å². The summed E-state index contributed by atoms with van der Waals surface area (Å²) in [5, 5.41) is 5.52. The number of carbonyl (C=O) groups excluding carboxylic acids is 3. The van der Waals surface area contributed by atoms with Crippen molar-refractivity contribution in [2.24, 2.45) is 0 Å². The van der Waals surface area contributed by atoms with Gasteiger partial charge < -0.3 is 15.0 Å². The zero-order valence-corrected chi connectivity index (χ0v) is 17.4. The summed E-state index contributed by atoms with van der Waals surface area (Å²) in [6, 6.07) is 14.0. The van der Waals surface area contributed by atoms with E-state index in [1.54, 1.807) is 4.90 Å². The van der Waals surface area contributed by atoms with Gasteiger partial charge in [-0.25, -0.2) is 4.79 Å². The third-order valence-corrected chi connectivity index (χ3v) is 6.51. The van der Waals surface area contributed by atoms with Gasteiger partial charge in [-0.1, -0.05) is 42.5 Å². The lowest BCUT2D eigenvalue weighted by molar-refractivity contribution is -0.151. The highest BCUT2D eigenvalue weighted by Crippen LogP contribution is 2.33. The van der Waals surface area contributed by atoms with Crippen LogP contribution in [0.2, 0.25) is 0 Å². The van der Waals surface area contributed by atoms with Crippen LogP contribution in [0.5, 0.6) is 0 Å². The summed E-state index contributed by atoms with van der Waals surface area (Å²) in [5.74, 6) is -0.349. The van der Waals surface area contributed by atoms with E-state index in [-0.39, 0.29) is 17.8 Å². The Labute approximate surface area is 176 Å². The molecule has 2 fully saturated rings. The van der Waals surface area contributed by atoms with Gasteiger partial charge >= 0.3 is 5.97 Å². The second-order valence-electron chi connectivity index (χ2n) is 8.41. The number of nitrogens with zero attached hydrogens (tertiary/aromatic N) is 1. The molecule has 2 atom stereocenters. The number of hydrogen-bond acceptors (Lipinski definition) is 4. The Morgan fingerprint density at radius 1 is 1.20 bits per heavy atom. The molecule has 0 saturated carbocycles. The fourth-order valence-electron chi connectivity index (χ4n) is 4.93. The topological polar surface area (TPSA) is 75.7 Å². The number of carbonyl (C=O) groups is 3. The molecule has 0 spiro atoms. The molecule has 0 aromatic heterocycles. The van der Waals surface area contributed by atoms with E-state index in [2.05, 4.69) is 29.6 Å². The average molecular weight is 408 g/mol. The summed E-state index contributed by atoms with van der Waals surface area (Å²) in [7, 11) is 1.36. The maximum absolute atomic E-state index is 12.9. The van der Waals surface area contributed by atoms with Gasteiger partial charge in [-0.15, -0.1) is 0 Å². The van der Waals surface area contributed by atoms with E-state index in [0.717, 1.165) is 6.42 Å². The third kappa shape index (κ3) is 4.04. The van der Waals surface area contributed by atoms with Gasteiger partial charge in [0.15, 0.2) is 0 Å². The maximum Gasteiger partial charge on any atom is 0.328 e. The summed E-state index contributed by atoms with van der Waals surface area (Å²) in [6.45, 7) is 0.585. The second kappa shape index (κ2) is 8.46. The van der Waals surface area contributed by atoms with E-state index < -0.39 is 11.6 Å². The molecule has 30 heavy (non-hydrogen) atoms. The van der Waals surface area contributed by atoms with Crippen LogP contribution in [0.3, 0.4) is 0 Å². The van der Waals surface area contributed by atoms with Crippen LogP contribution in [0.4, 0.5) is 0 Å². The number of methoxy groups -OCH3 is 1. The van der Waals surface area contributed by atoms with E-state index in [1.165, 1.54) is 23.4 Å². The molecule has 0 aliphatic carbocycles. The van der Waals surface area contributed by atoms with Crippen molar-refractivity contribution in [3.05, 3.63) is 48.0 Å². The van der Waals surface area contributed by atoms with E-state index >= 15 is 0 Å². The molecule has 2 amide bonds. The number of likely N-dealkylation sites (tertiary alicyclic amines) is 1. The smallest absolute Gasteiger partial charge is 0.328 e. The van der Waals surface area contributed by atoms with Crippen molar-refractivity contribution in [3.8, 4) is 0 Å². The Bertz CT molecular complexity index is 967. The predicted molar refractivity (Wildman–Crippen MR) is 114 cm³/mol. The molecular weight excluding hydrogens is 380 g/mol. The summed E-state index contributed by atoms with van der Waals surface area (Å²) < 4.78 is 4.86. The molecular formula is C24H28N2O4. The van der Waals surface area contributed by atoms with Gasteiger partial charge in [0.2, 0.25) is 11.8 Å². The van der Waals surface area contributed by atoms with Gasteiger partial charge in [-0.05, 0) is 48.4 Å². The standard InChI is InChI=1S/C24H28N2O4/c1-30-23(29)20-10-5-15-26(20)22(28)12-14-24(13-11-21(27)25-24)16-18-8-4-7-17-6-2-3-9-19(17)18/h2-4,6-9,20H,5,10-16H2,1H3,(H,25,27)/t20-,24?/m0/s1. The lowest BCUT2D eigenvalue weighted by Gasteiger charge is -2.31. The van der Waals surface area contributed by atoms with Crippen molar-refractivity contribution < 1.29 is 19.1 Å². The van der Waals surface area contributed by atoms with Crippen molar-refractivity contribution in [1.29, 1.82) is 0 Å². The van der Waals surface area contributed by atoms with E-state index in [1.807, 2.05) is 18.2 Å². The van der Waals surface area contributed by atoms with Crippen molar-refractivity contribution in [3.63, 3.8) is 0 Å². The highest BCUT2D eigenvalue weighted by molar-refractivity contribution is 5.87. The second-order valence-corrected chi connectivity index (χ2v) is 8.41. The van der Waals surface area contributed by atoms with Crippen LogP contribution in [0, 0.1) is 0 Å². The summed E-state index contributed by atoms with van der Waals surface area (Å²) >= 11 is 0. The molecule has 1 unspecified atom stereocenters. The Hall–Kier alpha value is -2.89. The predicted octanol–water partition coefficient (Wildman–Crippen LogP) is 2.98. The van der Waals surface area contributed by atoms with Gasteiger partial charge in [-0.3, -0.25) is 9.59 Å². The first kappa shape index (κ1) is 20.4. The Balaban J connectivity index is 1.51. The van der Waals surface area contributed by atoms with Crippen LogP contribution < -0.4 is 5.32 Å². The molecule has 0 radical (unpaired) electrons. The average Bonchev–Trinajstić information content (AvgIpc) is 3.39. The number of rotatable bonds is 6. The third-order valence-electron chi connectivity index (χ3n) is 6.51. The maximum atomic E-state index is 12.9. The Morgan fingerprint density at radius 3 is 2.77 bits per heavy atom.